The first-order valence-corrected chi connectivity index (χ1v) is 8.09. The Balaban J connectivity index is 1.44. The highest BCUT2D eigenvalue weighted by Crippen LogP contribution is 2.30. The molecule has 2 aliphatic heterocycles. The highest BCUT2D eigenvalue weighted by atomic mass is 16.2. The minimum Gasteiger partial charge on any atom is -0.333 e. The molecule has 19 heavy (non-hydrogen) atoms. The van der Waals surface area contributed by atoms with Crippen molar-refractivity contribution in [2.45, 2.75) is 51.0 Å². The molecule has 1 unspecified atom stereocenters. The van der Waals surface area contributed by atoms with Crippen LogP contribution in [0.1, 0.15) is 44.9 Å². The van der Waals surface area contributed by atoms with Gasteiger partial charge in [-0.25, -0.2) is 4.79 Å². The molecule has 2 amide bonds. The van der Waals surface area contributed by atoms with Crippen LogP contribution in [-0.4, -0.2) is 43.2 Å². The third-order valence-corrected chi connectivity index (χ3v) is 5.25. The largest absolute Gasteiger partial charge is 0.333 e. The molecule has 2 saturated heterocycles. The number of hydrogen-bond donors (Lipinski definition) is 2. The first-order chi connectivity index (χ1) is 9.33. The van der Waals surface area contributed by atoms with Gasteiger partial charge in [-0.1, -0.05) is 12.8 Å². The molecule has 1 atom stereocenters. The zero-order chi connectivity index (χ0) is 13.1. The second kappa shape index (κ2) is 6.12. The third kappa shape index (κ3) is 3.22. The first kappa shape index (κ1) is 13.2. The zero-order valence-electron chi connectivity index (χ0n) is 11.9. The second-order valence-electron chi connectivity index (χ2n) is 6.53. The van der Waals surface area contributed by atoms with Crippen LogP contribution in [0.3, 0.4) is 0 Å². The van der Waals surface area contributed by atoms with Gasteiger partial charge in [0.1, 0.15) is 0 Å². The average Bonchev–Trinajstić information content (AvgIpc) is 3.07. The summed E-state index contributed by atoms with van der Waals surface area (Å²) in [4.78, 5) is 14.1. The van der Waals surface area contributed by atoms with Crippen molar-refractivity contribution in [3.63, 3.8) is 0 Å². The van der Waals surface area contributed by atoms with Crippen molar-refractivity contribution in [3.05, 3.63) is 0 Å². The van der Waals surface area contributed by atoms with E-state index in [0.29, 0.717) is 6.04 Å². The fourth-order valence-corrected chi connectivity index (χ4v) is 3.94. The molecular weight excluding hydrogens is 238 g/mol. The predicted molar refractivity (Wildman–Crippen MR) is 76.1 cm³/mol. The minimum absolute atomic E-state index is 0.186. The minimum atomic E-state index is 0.186. The van der Waals surface area contributed by atoms with Crippen LogP contribution in [0.15, 0.2) is 0 Å². The highest BCUT2D eigenvalue weighted by molar-refractivity contribution is 5.76. The lowest BCUT2D eigenvalue weighted by Crippen LogP contribution is -2.33. The normalized spacial score (nSPS) is 30.0. The quantitative estimate of drug-likeness (QED) is 0.816. The third-order valence-electron chi connectivity index (χ3n) is 5.25. The van der Waals surface area contributed by atoms with Gasteiger partial charge in [0.2, 0.25) is 0 Å². The van der Waals surface area contributed by atoms with E-state index >= 15 is 0 Å². The molecule has 4 heteroatoms. The fraction of sp³-hybridized carbons (Fsp3) is 0.933. The van der Waals surface area contributed by atoms with Crippen molar-refractivity contribution in [3.8, 4) is 0 Å². The van der Waals surface area contributed by atoms with E-state index in [2.05, 4.69) is 15.5 Å². The summed E-state index contributed by atoms with van der Waals surface area (Å²) in [6.07, 6.45) is 9.08. The van der Waals surface area contributed by atoms with Gasteiger partial charge in [0.05, 0.1) is 6.04 Å². The van der Waals surface area contributed by atoms with Crippen LogP contribution in [0.2, 0.25) is 0 Å². The van der Waals surface area contributed by atoms with Crippen molar-refractivity contribution in [2.24, 2.45) is 11.8 Å². The molecule has 3 rings (SSSR count). The Morgan fingerprint density at radius 3 is 2.58 bits per heavy atom. The molecule has 0 spiro atoms. The van der Waals surface area contributed by atoms with Gasteiger partial charge >= 0.3 is 6.03 Å². The molecule has 4 nitrogen and oxygen atoms in total. The van der Waals surface area contributed by atoms with Gasteiger partial charge in [-0.2, -0.15) is 0 Å². The summed E-state index contributed by atoms with van der Waals surface area (Å²) in [5, 5.41) is 6.61. The standard InChI is InChI=1S/C15H27N3O/c19-15-17-14(13-3-1-2-4-13)11-18(15)10-7-12-5-8-16-9-6-12/h12-14,16H,1-11H2,(H,17,19). The van der Waals surface area contributed by atoms with Crippen molar-refractivity contribution in [1.29, 1.82) is 0 Å². The van der Waals surface area contributed by atoms with Gasteiger partial charge in [0.25, 0.3) is 0 Å². The number of nitrogens with one attached hydrogen (secondary N) is 2. The van der Waals surface area contributed by atoms with E-state index in [1.165, 1.54) is 44.9 Å². The number of nitrogens with zero attached hydrogens (tertiary/aromatic N) is 1. The van der Waals surface area contributed by atoms with Crippen molar-refractivity contribution in [1.82, 2.24) is 15.5 Å². The van der Waals surface area contributed by atoms with Crippen molar-refractivity contribution >= 4 is 6.03 Å². The van der Waals surface area contributed by atoms with E-state index in [-0.39, 0.29) is 6.03 Å². The summed E-state index contributed by atoms with van der Waals surface area (Å²) in [6.45, 7) is 4.22. The number of hydrogen-bond acceptors (Lipinski definition) is 2. The molecule has 2 heterocycles. The Kier molecular flexibility index (Phi) is 4.26. The van der Waals surface area contributed by atoms with Crippen LogP contribution >= 0.6 is 0 Å². The van der Waals surface area contributed by atoms with Crippen molar-refractivity contribution < 1.29 is 4.79 Å². The lowest BCUT2D eigenvalue weighted by molar-refractivity contribution is 0.210. The van der Waals surface area contributed by atoms with Gasteiger partial charge < -0.3 is 15.5 Å². The molecule has 2 N–H and O–H groups in total. The summed E-state index contributed by atoms with van der Waals surface area (Å²) in [7, 11) is 0. The molecule has 0 aromatic heterocycles. The van der Waals surface area contributed by atoms with E-state index in [9.17, 15) is 4.79 Å². The topological polar surface area (TPSA) is 44.4 Å². The molecule has 3 fully saturated rings. The molecule has 0 aromatic carbocycles. The van der Waals surface area contributed by atoms with Crippen LogP contribution in [0.5, 0.6) is 0 Å². The SMILES string of the molecule is O=C1NC(C2CCCC2)CN1CCC1CCNCC1. The van der Waals surface area contributed by atoms with Gasteiger partial charge in [-0.05, 0) is 57.0 Å². The molecule has 0 bridgehead atoms. The molecule has 108 valence electrons. The number of urea groups is 1. The van der Waals surface area contributed by atoms with Crippen LogP contribution in [-0.2, 0) is 0 Å². The number of piperidine rings is 1. The maximum absolute atomic E-state index is 12.0. The maximum atomic E-state index is 12.0. The predicted octanol–water partition coefficient (Wildman–Crippen LogP) is 1.96. The Morgan fingerprint density at radius 2 is 1.84 bits per heavy atom. The average molecular weight is 265 g/mol. The lowest BCUT2D eigenvalue weighted by atomic mass is 9.94. The zero-order valence-corrected chi connectivity index (χ0v) is 11.9. The highest BCUT2D eigenvalue weighted by Gasteiger charge is 2.35. The molecule has 0 aromatic rings. The number of amides is 2. The van der Waals surface area contributed by atoms with Crippen LogP contribution < -0.4 is 10.6 Å². The van der Waals surface area contributed by atoms with Crippen LogP contribution in [0.4, 0.5) is 4.79 Å². The van der Waals surface area contributed by atoms with Crippen LogP contribution in [0, 0.1) is 11.8 Å². The van der Waals surface area contributed by atoms with E-state index in [1.54, 1.807) is 0 Å². The van der Waals surface area contributed by atoms with Gasteiger partial charge in [-0.3, -0.25) is 0 Å². The van der Waals surface area contributed by atoms with Gasteiger partial charge in [0, 0.05) is 13.1 Å². The summed E-state index contributed by atoms with van der Waals surface area (Å²) >= 11 is 0. The fourth-order valence-electron chi connectivity index (χ4n) is 3.94. The van der Waals surface area contributed by atoms with E-state index in [4.69, 9.17) is 0 Å². The Morgan fingerprint density at radius 1 is 1.11 bits per heavy atom. The monoisotopic (exact) mass is 265 g/mol. The number of rotatable bonds is 4. The lowest BCUT2D eigenvalue weighted by Gasteiger charge is -2.25. The summed E-state index contributed by atoms with van der Waals surface area (Å²) in [5.74, 6) is 1.56. The maximum Gasteiger partial charge on any atom is 0.317 e. The smallest absolute Gasteiger partial charge is 0.317 e. The first-order valence-electron chi connectivity index (χ1n) is 8.09. The van der Waals surface area contributed by atoms with Crippen LogP contribution in [0.25, 0.3) is 0 Å². The molecule has 3 aliphatic rings. The number of carbonyl (C=O) groups is 1. The number of carbonyl (C=O) groups excluding carboxylic acids is 1. The molecule has 1 saturated carbocycles. The molecule has 0 radical (unpaired) electrons. The molecular formula is C15H27N3O. The Hall–Kier alpha value is -0.770. The summed E-state index contributed by atoms with van der Waals surface area (Å²) < 4.78 is 0. The Bertz CT molecular complexity index is 309. The van der Waals surface area contributed by atoms with Crippen molar-refractivity contribution in [2.75, 3.05) is 26.2 Å². The van der Waals surface area contributed by atoms with E-state index in [1.807, 2.05) is 0 Å². The summed E-state index contributed by atoms with van der Waals surface area (Å²) in [6, 6.07) is 0.619. The molecule has 1 aliphatic carbocycles. The summed E-state index contributed by atoms with van der Waals surface area (Å²) in [5.41, 5.74) is 0. The Labute approximate surface area is 116 Å². The van der Waals surface area contributed by atoms with E-state index < -0.39 is 0 Å². The van der Waals surface area contributed by atoms with Gasteiger partial charge in [-0.15, -0.1) is 0 Å². The van der Waals surface area contributed by atoms with E-state index in [0.717, 1.165) is 38.0 Å². The van der Waals surface area contributed by atoms with Gasteiger partial charge in [0.15, 0.2) is 0 Å². The second-order valence-corrected chi connectivity index (χ2v) is 6.53.